The number of benzene rings is 1. The molecule has 8 heteroatoms. The Hall–Kier alpha value is -3.52. The second-order valence-electron chi connectivity index (χ2n) is 10.9. The molecular formula is C28H33N5O3. The van der Waals surface area contributed by atoms with Crippen LogP contribution in [0.1, 0.15) is 83.6 Å². The molecule has 0 bridgehead atoms. The maximum absolute atomic E-state index is 13.3. The number of hydrogen-bond acceptors (Lipinski definition) is 6. The number of nitrogens with two attached hydrogens (primary N) is 1. The highest BCUT2D eigenvalue weighted by atomic mass is 16.3. The number of anilines is 1. The summed E-state index contributed by atoms with van der Waals surface area (Å²) in [6.45, 7) is 4.21. The van der Waals surface area contributed by atoms with E-state index in [1.54, 1.807) is 18.5 Å². The maximum atomic E-state index is 13.3. The van der Waals surface area contributed by atoms with E-state index in [0.29, 0.717) is 29.7 Å². The Morgan fingerprint density at radius 2 is 1.97 bits per heavy atom. The number of aromatic nitrogens is 3. The van der Waals surface area contributed by atoms with E-state index in [-0.39, 0.29) is 23.3 Å². The van der Waals surface area contributed by atoms with Crippen LogP contribution in [0, 0.1) is 5.41 Å². The lowest BCUT2D eigenvalue weighted by molar-refractivity contribution is 0.0909. The molecule has 5 rings (SSSR count). The van der Waals surface area contributed by atoms with E-state index in [0.717, 1.165) is 54.7 Å². The van der Waals surface area contributed by atoms with E-state index in [4.69, 9.17) is 10.8 Å². The third-order valence-electron chi connectivity index (χ3n) is 7.28. The van der Waals surface area contributed by atoms with Gasteiger partial charge in [0.1, 0.15) is 0 Å². The van der Waals surface area contributed by atoms with E-state index in [1.165, 1.54) is 0 Å². The smallest absolute Gasteiger partial charge is 0.250 e. The van der Waals surface area contributed by atoms with E-state index in [2.05, 4.69) is 24.1 Å². The number of carbonyl (C=O) groups excluding carboxylic acids is 2. The Labute approximate surface area is 210 Å². The first-order valence-corrected chi connectivity index (χ1v) is 12.6. The Morgan fingerprint density at radius 3 is 2.67 bits per heavy atom. The quantitative estimate of drug-likeness (QED) is 0.486. The van der Waals surface area contributed by atoms with Gasteiger partial charge in [-0.2, -0.15) is 5.10 Å². The van der Waals surface area contributed by atoms with Crippen LogP contribution in [0.3, 0.4) is 0 Å². The van der Waals surface area contributed by atoms with Gasteiger partial charge in [0.2, 0.25) is 0 Å². The summed E-state index contributed by atoms with van der Waals surface area (Å²) in [5.41, 5.74) is 10.7. The highest BCUT2D eigenvalue weighted by molar-refractivity contribution is 6.00. The third-order valence-corrected chi connectivity index (χ3v) is 7.28. The molecular weight excluding hydrogens is 454 g/mol. The zero-order valence-electron chi connectivity index (χ0n) is 20.8. The van der Waals surface area contributed by atoms with Gasteiger partial charge in [0.05, 0.1) is 34.3 Å². The molecule has 0 atom stereocenters. The van der Waals surface area contributed by atoms with Gasteiger partial charge in [-0.3, -0.25) is 14.6 Å². The van der Waals surface area contributed by atoms with Gasteiger partial charge in [0.25, 0.3) is 5.91 Å². The van der Waals surface area contributed by atoms with Crippen molar-refractivity contribution in [2.24, 2.45) is 11.1 Å². The molecule has 2 heterocycles. The van der Waals surface area contributed by atoms with Crippen molar-refractivity contribution in [2.45, 2.75) is 70.9 Å². The van der Waals surface area contributed by atoms with Crippen LogP contribution in [0.15, 0.2) is 42.7 Å². The number of carbonyl (C=O) groups is 2. The molecule has 1 saturated carbocycles. The van der Waals surface area contributed by atoms with Crippen LogP contribution in [-0.4, -0.2) is 43.7 Å². The van der Waals surface area contributed by atoms with Gasteiger partial charge in [0, 0.05) is 37.0 Å². The number of primary amides is 1. The van der Waals surface area contributed by atoms with Crippen LogP contribution >= 0.6 is 0 Å². The van der Waals surface area contributed by atoms with Gasteiger partial charge in [-0.15, -0.1) is 0 Å². The molecule has 1 fully saturated rings. The lowest BCUT2D eigenvalue weighted by Crippen LogP contribution is -2.29. The van der Waals surface area contributed by atoms with E-state index in [9.17, 15) is 14.7 Å². The zero-order valence-corrected chi connectivity index (χ0v) is 20.8. The van der Waals surface area contributed by atoms with Crippen LogP contribution in [0.25, 0.3) is 5.69 Å². The maximum Gasteiger partial charge on any atom is 0.250 e. The molecule has 36 heavy (non-hydrogen) atoms. The van der Waals surface area contributed by atoms with Crippen molar-refractivity contribution < 1.29 is 14.7 Å². The Balaban J connectivity index is 1.57. The van der Waals surface area contributed by atoms with Gasteiger partial charge in [0.15, 0.2) is 5.78 Å². The molecule has 188 valence electrons. The molecule has 2 aliphatic carbocycles. The molecule has 0 radical (unpaired) electrons. The Bertz CT molecular complexity index is 1290. The van der Waals surface area contributed by atoms with Crippen molar-refractivity contribution in [3.05, 3.63) is 70.8 Å². The molecule has 0 saturated heterocycles. The van der Waals surface area contributed by atoms with Gasteiger partial charge >= 0.3 is 0 Å². The summed E-state index contributed by atoms with van der Waals surface area (Å²) >= 11 is 0. The summed E-state index contributed by atoms with van der Waals surface area (Å²) in [7, 11) is 0. The number of amides is 1. The van der Waals surface area contributed by atoms with Crippen molar-refractivity contribution in [1.82, 2.24) is 14.8 Å². The summed E-state index contributed by atoms with van der Waals surface area (Å²) in [4.78, 5) is 29.7. The second kappa shape index (κ2) is 9.50. The summed E-state index contributed by atoms with van der Waals surface area (Å²) in [5, 5.41) is 18.3. The average molecular weight is 488 g/mol. The van der Waals surface area contributed by atoms with Gasteiger partial charge in [-0.1, -0.05) is 19.9 Å². The number of Topliss-reactive ketones (excluding diaryl/α,β-unsaturated/α-hetero) is 1. The lowest BCUT2D eigenvalue weighted by Gasteiger charge is -2.29. The van der Waals surface area contributed by atoms with Crippen molar-refractivity contribution in [2.75, 3.05) is 5.32 Å². The van der Waals surface area contributed by atoms with Crippen molar-refractivity contribution in [1.29, 1.82) is 0 Å². The number of nitrogens with zero attached hydrogens (tertiary/aromatic N) is 3. The summed E-state index contributed by atoms with van der Waals surface area (Å²) in [6.07, 6.45) is 8.07. The molecule has 1 amide bonds. The molecule has 2 aromatic heterocycles. The fourth-order valence-corrected chi connectivity index (χ4v) is 5.50. The number of hydrogen-bond donors (Lipinski definition) is 3. The third kappa shape index (κ3) is 4.91. The predicted octanol–water partition coefficient (Wildman–Crippen LogP) is 3.83. The molecule has 0 spiro atoms. The first kappa shape index (κ1) is 24.2. The summed E-state index contributed by atoms with van der Waals surface area (Å²) in [5.74, 6) is -0.393. The standard InChI is InChI=1S/C28H33N5O3/c1-28(2)14-24-26(25(35)15-28)23(12-17-4-3-11-30-16-17)32-33(24)19-7-10-21(27(29)36)22(13-19)31-18-5-8-20(34)9-6-18/h3-4,7,10-11,13,16,18,20,31,34H,5-6,8-9,12,14-15H2,1-2H3,(H2,29,36). The van der Waals surface area contributed by atoms with Crippen LogP contribution in [0.2, 0.25) is 0 Å². The minimum absolute atomic E-state index is 0.110. The topological polar surface area (TPSA) is 123 Å². The van der Waals surface area contributed by atoms with Crippen molar-refractivity contribution in [3.63, 3.8) is 0 Å². The number of aliphatic hydroxyl groups is 1. The second-order valence-corrected chi connectivity index (χ2v) is 10.9. The minimum Gasteiger partial charge on any atom is -0.393 e. The number of nitrogens with one attached hydrogen (secondary N) is 1. The number of rotatable bonds is 6. The molecule has 1 aromatic carbocycles. The van der Waals surface area contributed by atoms with E-state index >= 15 is 0 Å². The van der Waals surface area contributed by atoms with Crippen LogP contribution < -0.4 is 11.1 Å². The van der Waals surface area contributed by atoms with Gasteiger partial charge < -0.3 is 16.2 Å². The summed E-state index contributed by atoms with van der Waals surface area (Å²) in [6, 6.07) is 9.48. The highest BCUT2D eigenvalue weighted by Crippen LogP contribution is 2.38. The molecule has 0 unspecified atom stereocenters. The Kier molecular flexibility index (Phi) is 6.38. The summed E-state index contributed by atoms with van der Waals surface area (Å²) < 4.78 is 1.86. The molecule has 3 aromatic rings. The van der Waals surface area contributed by atoms with Crippen molar-refractivity contribution in [3.8, 4) is 5.69 Å². The highest BCUT2D eigenvalue weighted by Gasteiger charge is 2.36. The zero-order chi connectivity index (χ0) is 25.4. The fraction of sp³-hybridized carbons (Fsp3) is 0.429. The van der Waals surface area contributed by atoms with E-state index in [1.807, 2.05) is 28.9 Å². The van der Waals surface area contributed by atoms with Crippen molar-refractivity contribution >= 4 is 17.4 Å². The first-order valence-electron chi connectivity index (χ1n) is 12.6. The minimum atomic E-state index is -0.504. The number of ketones is 1. The number of aliphatic hydroxyl groups excluding tert-OH is 1. The molecule has 2 aliphatic rings. The van der Waals surface area contributed by atoms with E-state index < -0.39 is 5.91 Å². The van der Waals surface area contributed by atoms with Crippen LogP contribution in [0.4, 0.5) is 5.69 Å². The monoisotopic (exact) mass is 487 g/mol. The number of fused-ring (bicyclic) bond motifs is 1. The first-order chi connectivity index (χ1) is 17.2. The fourth-order valence-electron chi connectivity index (χ4n) is 5.50. The SMILES string of the molecule is CC1(C)CC(=O)c2c(Cc3cccnc3)nn(-c3ccc(C(N)=O)c(NC4CCC(O)CC4)c3)c2C1. The van der Waals surface area contributed by atoms with Crippen LogP contribution in [0.5, 0.6) is 0 Å². The van der Waals surface area contributed by atoms with Gasteiger partial charge in [-0.05, 0) is 67.3 Å². The predicted molar refractivity (Wildman–Crippen MR) is 137 cm³/mol. The number of pyridine rings is 1. The van der Waals surface area contributed by atoms with Crippen LogP contribution in [-0.2, 0) is 12.8 Å². The lowest BCUT2D eigenvalue weighted by atomic mass is 9.75. The largest absolute Gasteiger partial charge is 0.393 e. The Morgan fingerprint density at radius 1 is 1.19 bits per heavy atom. The molecule has 0 aliphatic heterocycles. The molecule has 4 N–H and O–H groups in total. The average Bonchev–Trinajstić information content (AvgIpc) is 3.18. The van der Waals surface area contributed by atoms with Gasteiger partial charge in [-0.25, -0.2) is 4.68 Å². The normalized spacial score (nSPS) is 21.1. The molecule has 8 nitrogen and oxygen atoms in total.